The van der Waals surface area contributed by atoms with Crippen molar-refractivity contribution in [3.05, 3.63) is 60.2 Å². The molecule has 28 heavy (non-hydrogen) atoms. The standard InChI is InChI=1S/C19H19F3N2O4/c1-12(13-7-8-16(26-2)17(9-13)27-3)24-28-11-18(25)23-15-6-4-5-14(10-15)19(20,21)22/h4-10,24H,1,11H2,2-3H3,(H,23,25). The maximum absolute atomic E-state index is 12.7. The maximum Gasteiger partial charge on any atom is 0.416 e. The summed E-state index contributed by atoms with van der Waals surface area (Å²) in [6.45, 7) is 3.34. The number of ether oxygens (including phenoxy) is 2. The number of amides is 1. The lowest BCUT2D eigenvalue weighted by atomic mass is 10.1. The van der Waals surface area contributed by atoms with Gasteiger partial charge in [0.25, 0.3) is 5.91 Å². The van der Waals surface area contributed by atoms with Crippen LogP contribution < -0.4 is 20.3 Å². The first-order chi connectivity index (χ1) is 13.2. The molecule has 0 unspecified atom stereocenters. The lowest BCUT2D eigenvalue weighted by Gasteiger charge is -2.13. The molecule has 6 nitrogen and oxygen atoms in total. The summed E-state index contributed by atoms with van der Waals surface area (Å²) in [5.41, 5.74) is 2.66. The Kier molecular flexibility index (Phi) is 6.89. The molecule has 2 rings (SSSR count). The van der Waals surface area contributed by atoms with Gasteiger partial charge in [-0.3, -0.25) is 15.1 Å². The van der Waals surface area contributed by atoms with Gasteiger partial charge in [0.1, 0.15) is 0 Å². The minimum Gasteiger partial charge on any atom is -0.493 e. The molecule has 0 fully saturated rings. The number of nitrogens with one attached hydrogen (secondary N) is 2. The quantitative estimate of drug-likeness (QED) is 0.664. The van der Waals surface area contributed by atoms with E-state index in [0.717, 1.165) is 12.1 Å². The molecular weight excluding hydrogens is 377 g/mol. The number of carbonyl (C=O) groups is 1. The van der Waals surface area contributed by atoms with Crippen LogP contribution in [0, 0.1) is 0 Å². The lowest BCUT2D eigenvalue weighted by Crippen LogP contribution is -2.23. The van der Waals surface area contributed by atoms with Crippen LogP contribution in [0.25, 0.3) is 5.70 Å². The summed E-state index contributed by atoms with van der Waals surface area (Å²) >= 11 is 0. The Balaban J connectivity index is 1.88. The molecule has 2 aromatic rings. The molecule has 2 aromatic carbocycles. The molecule has 0 spiro atoms. The van der Waals surface area contributed by atoms with Crippen molar-refractivity contribution in [3.8, 4) is 11.5 Å². The first-order valence-corrected chi connectivity index (χ1v) is 8.01. The average Bonchev–Trinajstić information content (AvgIpc) is 2.66. The van der Waals surface area contributed by atoms with Crippen LogP contribution in [0.15, 0.2) is 49.0 Å². The third-order valence-corrected chi connectivity index (χ3v) is 3.60. The summed E-state index contributed by atoms with van der Waals surface area (Å²) in [6.07, 6.45) is -4.49. The number of methoxy groups -OCH3 is 2. The highest BCUT2D eigenvalue weighted by molar-refractivity contribution is 5.91. The van der Waals surface area contributed by atoms with E-state index in [2.05, 4.69) is 17.4 Å². The smallest absolute Gasteiger partial charge is 0.416 e. The molecule has 0 radical (unpaired) electrons. The van der Waals surface area contributed by atoms with E-state index >= 15 is 0 Å². The van der Waals surface area contributed by atoms with Crippen molar-refractivity contribution >= 4 is 17.3 Å². The zero-order valence-electron chi connectivity index (χ0n) is 15.2. The van der Waals surface area contributed by atoms with Crippen LogP contribution in [-0.4, -0.2) is 26.7 Å². The third kappa shape index (κ3) is 5.65. The Labute approximate surface area is 159 Å². The summed E-state index contributed by atoms with van der Waals surface area (Å²) in [5, 5.41) is 2.33. The molecule has 0 aromatic heterocycles. The van der Waals surface area contributed by atoms with E-state index in [-0.39, 0.29) is 5.69 Å². The van der Waals surface area contributed by atoms with Crippen molar-refractivity contribution < 1.29 is 32.3 Å². The first kappa shape index (κ1) is 21.1. The number of benzene rings is 2. The van der Waals surface area contributed by atoms with E-state index in [0.29, 0.717) is 22.8 Å². The van der Waals surface area contributed by atoms with E-state index in [1.165, 1.54) is 26.4 Å². The predicted molar refractivity (Wildman–Crippen MR) is 97.7 cm³/mol. The highest BCUT2D eigenvalue weighted by Gasteiger charge is 2.30. The zero-order valence-corrected chi connectivity index (χ0v) is 15.2. The van der Waals surface area contributed by atoms with Crippen LogP contribution in [0.2, 0.25) is 0 Å². The normalized spacial score (nSPS) is 10.9. The third-order valence-electron chi connectivity index (χ3n) is 3.60. The van der Waals surface area contributed by atoms with E-state index in [4.69, 9.17) is 14.3 Å². The Morgan fingerprint density at radius 1 is 1.07 bits per heavy atom. The van der Waals surface area contributed by atoms with Crippen molar-refractivity contribution in [2.24, 2.45) is 0 Å². The highest BCUT2D eigenvalue weighted by atomic mass is 19.4. The number of carbonyl (C=O) groups excluding carboxylic acids is 1. The number of alkyl halides is 3. The minimum absolute atomic E-state index is 0.0159. The van der Waals surface area contributed by atoms with E-state index in [1.54, 1.807) is 18.2 Å². The fourth-order valence-corrected chi connectivity index (χ4v) is 2.24. The number of anilines is 1. The fourth-order valence-electron chi connectivity index (χ4n) is 2.24. The van der Waals surface area contributed by atoms with Crippen molar-refractivity contribution in [3.63, 3.8) is 0 Å². The molecule has 0 aliphatic rings. The highest BCUT2D eigenvalue weighted by Crippen LogP contribution is 2.31. The predicted octanol–water partition coefficient (Wildman–Crippen LogP) is 3.85. The van der Waals surface area contributed by atoms with Gasteiger partial charge < -0.3 is 14.8 Å². The van der Waals surface area contributed by atoms with Crippen LogP contribution in [0.5, 0.6) is 11.5 Å². The SMILES string of the molecule is C=C(NOCC(=O)Nc1cccc(C(F)(F)F)c1)c1ccc(OC)c(OC)c1. The lowest BCUT2D eigenvalue weighted by molar-refractivity contribution is -0.137. The summed E-state index contributed by atoms with van der Waals surface area (Å²) < 4.78 is 48.4. The van der Waals surface area contributed by atoms with Crippen LogP contribution in [-0.2, 0) is 15.8 Å². The van der Waals surface area contributed by atoms with Crippen molar-refractivity contribution in [1.29, 1.82) is 0 Å². The van der Waals surface area contributed by atoms with Crippen molar-refractivity contribution in [2.75, 3.05) is 26.1 Å². The second-order valence-electron chi connectivity index (χ2n) is 5.57. The van der Waals surface area contributed by atoms with E-state index in [1.807, 2.05) is 0 Å². The molecule has 0 aliphatic carbocycles. The largest absolute Gasteiger partial charge is 0.493 e. The number of halogens is 3. The molecule has 0 atom stereocenters. The topological polar surface area (TPSA) is 68.8 Å². The second-order valence-corrected chi connectivity index (χ2v) is 5.57. The van der Waals surface area contributed by atoms with Crippen LogP contribution >= 0.6 is 0 Å². The first-order valence-electron chi connectivity index (χ1n) is 8.01. The van der Waals surface area contributed by atoms with Gasteiger partial charge in [-0.25, -0.2) is 0 Å². The van der Waals surface area contributed by atoms with Gasteiger partial charge in [-0.15, -0.1) is 0 Å². The van der Waals surface area contributed by atoms with Crippen LogP contribution in [0.1, 0.15) is 11.1 Å². The summed E-state index contributed by atoms with van der Waals surface area (Å²) in [4.78, 5) is 16.9. The molecule has 1 amide bonds. The zero-order chi connectivity index (χ0) is 20.7. The number of hydrogen-bond donors (Lipinski definition) is 2. The van der Waals surface area contributed by atoms with Crippen LogP contribution in [0.3, 0.4) is 0 Å². The van der Waals surface area contributed by atoms with Gasteiger partial charge in [-0.2, -0.15) is 13.2 Å². The Bertz CT molecular complexity index is 853. The molecule has 9 heteroatoms. The number of hydroxylamine groups is 1. The second kappa shape index (κ2) is 9.14. The van der Waals surface area contributed by atoms with Gasteiger partial charge in [0.15, 0.2) is 18.1 Å². The Morgan fingerprint density at radius 2 is 1.79 bits per heavy atom. The average molecular weight is 396 g/mol. The minimum atomic E-state index is -4.49. The molecule has 0 saturated carbocycles. The van der Waals surface area contributed by atoms with Crippen molar-refractivity contribution in [1.82, 2.24) is 5.48 Å². The Morgan fingerprint density at radius 3 is 2.43 bits per heavy atom. The van der Waals surface area contributed by atoms with Crippen molar-refractivity contribution in [2.45, 2.75) is 6.18 Å². The molecule has 2 N–H and O–H groups in total. The molecule has 150 valence electrons. The molecule has 0 aliphatic heterocycles. The van der Waals surface area contributed by atoms with Gasteiger partial charge in [0, 0.05) is 11.3 Å². The summed E-state index contributed by atoms with van der Waals surface area (Å²) in [5.74, 6) is 0.401. The van der Waals surface area contributed by atoms with Gasteiger partial charge in [-0.1, -0.05) is 12.6 Å². The van der Waals surface area contributed by atoms with Gasteiger partial charge in [0.05, 0.1) is 25.5 Å². The molecule has 0 saturated heterocycles. The van der Waals surface area contributed by atoms with Crippen LogP contribution in [0.4, 0.5) is 18.9 Å². The number of hydrogen-bond acceptors (Lipinski definition) is 5. The van der Waals surface area contributed by atoms with E-state index in [9.17, 15) is 18.0 Å². The maximum atomic E-state index is 12.7. The monoisotopic (exact) mass is 396 g/mol. The summed E-state index contributed by atoms with van der Waals surface area (Å²) in [6, 6.07) is 9.37. The van der Waals surface area contributed by atoms with E-state index < -0.39 is 24.3 Å². The molecule has 0 heterocycles. The van der Waals surface area contributed by atoms with Gasteiger partial charge >= 0.3 is 6.18 Å². The fraction of sp³-hybridized carbons (Fsp3) is 0.211. The summed E-state index contributed by atoms with van der Waals surface area (Å²) in [7, 11) is 3.00. The number of rotatable bonds is 8. The van der Waals surface area contributed by atoms with Gasteiger partial charge in [-0.05, 0) is 36.4 Å². The molecular formula is C19H19F3N2O4. The Hall–Kier alpha value is -3.20. The molecule has 0 bridgehead atoms. The van der Waals surface area contributed by atoms with Gasteiger partial charge in [0.2, 0.25) is 0 Å².